The van der Waals surface area contributed by atoms with Gasteiger partial charge < -0.3 is 19.9 Å². The first-order valence-electron chi connectivity index (χ1n) is 9.84. The highest BCUT2D eigenvalue weighted by molar-refractivity contribution is 5.86. The second-order valence-corrected chi connectivity index (χ2v) is 8.50. The van der Waals surface area contributed by atoms with Gasteiger partial charge in [0, 0.05) is 38.6 Å². The number of amides is 2. The Labute approximate surface area is 163 Å². The molecule has 0 aromatic heterocycles. The fourth-order valence-corrected chi connectivity index (χ4v) is 3.66. The summed E-state index contributed by atoms with van der Waals surface area (Å²) in [5.74, 6) is 2.36. The lowest BCUT2D eigenvalue weighted by Crippen LogP contribution is -2.57. The zero-order valence-corrected chi connectivity index (χ0v) is 17.2. The maximum Gasteiger partial charge on any atom is 0.408 e. The predicted molar refractivity (Wildman–Crippen MR) is 105 cm³/mol. The highest BCUT2D eigenvalue weighted by atomic mass is 16.6. The molecule has 152 valence electrons. The lowest BCUT2D eigenvalue weighted by molar-refractivity contribution is -0.135. The van der Waals surface area contributed by atoms with E-state index < -0.39 is 17.7 Å². The number of terminal acetylenes is 1. The Hall–Kier alpha value is -1.78. The van der Waals surface area contributed by atoms with Gasteiger partial charge in [-0.2, -0.15) is 0 Å². The predicted octanol–water partition coefficient (Wildman–Crippen LogP) is 1.14. The van der Waals surface area contributed by atoms with Crippen LogP contribution < -0.4 is 5.32 Å². The quantitative estimate of drug-likeness (QED) is 0.744. The lowest BCUT2D eigenvalue weighted by atomic mass is 10.0. The van der Waals surface area contributed by atoms with Gasteiger partial charge in [0.1, 0.15) is 11.6 Å². The maximum absolute atomic E-state index is 12.9. The molecule has 2 fully saturated rings. The first-order chi connectivity index (χ1) is 12.7. The van der Waals surface area contributed by atoms with E-state index >= 15 is 0 Å². The average molecular weight is 379 g/mol. The number of rotatable bonds is 4. The van der Waals surface area contributed by atoms with E-state index in [2.05, 4.69) is 28.1 Å². The molecule has 0 aliphatic carbocycles. The monoisotopic (exact) mass is 378 g/mol. The van der Waals surface area contributed by atoms with E-state index in [0.717, 1.165) is 26.2 Å². The van der Waals surface area contributed by atoms with E-state index in [1.807, 2.05) is 4.90 Å². The molecule has 2 saturated heterocycles. The van der Waals surface area contributed by atoms with Crippen LogP contribution in [-0.2, 0) is 9.53 Å². The number of piperazine rings is 1. The third-order valence-electron chi connectivity index (χ3n) is 5.14. The molecule has 0 saturated carbocycles. The minimum atomic E-state index is -0.736. The summed E-state index contributed by atoms with van der Waals surface area (Å²) in [6.45, 7) is 10.7. The molecule has 7 heteroatoms. The molecule has 0 bridgehead atoms. The van der Waals surface area contributed by atoms with Gasteiger partial charge in [-0.1, -0.05) is 0 Å². The number of nitrogens with one attached hydrogen (secondary N) is 1. The van der Waals surface area contributed by atoms with Crippen molar-refractivity contribution in [3.63, 3.8) is 0 Å². The minimum absolute atomic E-state index is 0.123. The Bertz CT molecular complexity index is 551. The molecule has 27 heavy (non-hydrogen) atoms. The molecule has 7 nitrogen and oxygen atoms in total. The van der Waals surface area contributed by atoms with Gasteiger partial charge in [0.05, 0.1) is 0 Å². The average Bonchev–Trinajstić information content (AvgIpc) is 2.60. The Morgan fingerprint density at radius 1 is 1.15 bits per heavy atom. The van der Waals surface area contributed by atoms with Crippen LogP contribution in [0.4, 0.5) is 4.79 Å². The second-order valence-electron chi connectivity index (χ2n) is 8.50. The molecule has 0 unspecified atom stereocenters. The number of carbonyl (C=O) groups excluding carboxylic acids is 2. The van der Waals surface area contributed by atoms with Gasteiger partial charge in [-0.3, -0.25) is 9.69 Å². The molecule has 2 aliphatic heterocycles. The number of hydrogen-bond acceptors (Lipinski definition) is 5. The largest absolute Gasteiger partial charge is 0.444 e. The Morgan fingerprint density at radius 3 is 2.26 bits per heavy atom. The number of likely N-dealkylation sites (tertiary alicyclic amines) is 1. The summed E-state index contributed by atoms with van der Waals surface area (Å²) in [5, 5.41) is 2.64. The number of alkyl carbamates (subject to hydrolysis) is 1. The Morgan fingerprint density at radius 2 is 1.74 bits per heavy atom. The molecule has 0 aromatic carbocycles. The van der Waals surface area contributed by atoms with E-state index in [0.29, 0.717) is 19.1 Å². The van der Waals surface area contributed by atoms with Gasteiger partial charge in [-0.25, -0.2) is 4.79 Å². The van der Waals surface area contributed by atoms with Gasteiger partial charge in [0.2, 0.25) is 5.91 Å². The third kappa shape index (κ3) is 6.71. The topological polar surface area (TPSA) is 65.1 Å². The van der Waals surface area contributed by atoms with E-state index in [9.17, 15) is 9.59 Å². The van der Waals surface area contributed by atoms with Crippen LogP contribution in [-0.4, -0.2) is 90.7 Å². The summed E-state index contributed by atoms with van der Waals surface area (Å²) in [7, 11) is 2.16. The maximum atomic E-state index is 12.9. The van der Waals surface area contributed by atoms with Crippen molar-refractivity contribution in [1.82, 2.24) is 20.0 Å². The second kappa shape index (κ2) is 9.43. The molecule has 0 radical (unpaired) electrons. The van der Waals surface area contributed by atoms with Gasteiger partial charge in [0.15, 0.2) is 0 Å². The van der Waals surface area contributed by atoms with Crippen LogP contribution in [0.25, 0.3) is 0 Å². The van der Waals surface area contributed by atoms with Crippen molar-refractivity contribution in [3.8, 4) is 12.3 Å². The van der Waals surface area contributed by atoms with Crippen LogP contribution in [0, 0.1) is 12.3 Å². The van der Waals surface area contributed by atoms with Gasteiger partial charge >= 0.3 is 6.09 Å². The molecule has 0 spiro atoms. The van der Waals surface area contributed by atoms with Crippen LogP contribution in [0.2, 0.25) is 0 Å². The third-order valence-corrected chi connectivity index (χ3v) is 5.14. The molecular weight excluding hydrogens is 344 g/mol. The smallest absolute Gasteiger partial charge is 0.408 e. The van der Waals surface area contributed by atoms with Crippen LogP contribution in [0.15, 0.2) is 0 Å². The number of hydrogen-bond donors (Lipinski definition) is 1. The van der Waals surface area contributed by atoms with E-state index in [4.69, 9.17) is 11.2 Å². The van der Waals surface area contributed by atoms with Crippen molar-refractivity contribution in [2.45, 2.75) is 57.7 Å². The Balaban J connectivity index is 1.86. The van der Waals surface area contributed by atoms with Crippen molar-refractivity contribution in [2.75, 3.05) is 46.3 Å². The minimum Gasteiger partial charge on any atom is -0.444 e. The summed E-state index contributed by atoms with van der Waals surface area (Å²) < 4.78 is 5.26. The van der Waals surface area contributed by atoms with Crippen molar-refractivity contribution in [2.24, 2.45) is 0 Å². The standard InChI is InChI=1S/C20H34N4O3/c1-6-7-17(21-19(26)27-20(2,3)4)18(25)24-14-12-23(13-15-24)16-8-10-22(5)11-9-16/h1,16-17H,7-15H2,2-5H3,(H,21,26)/t17-/m1/s1. The van der Waals surface area contributed by atoms with Gasteiger partial charge in [0.25, 0.3) is 0 Å². The summed E-state index contributed by atoms with van der Waals surface area (Å²) in [6, 6.07) is -0.125. The zero-order chi connectivity index (χ0) is 20.0. The molecule has 1 N–H and O–H groups in total. The highest BCUT2D eigenvalue weighted by Gasteiger charge is 2.32. The summed E-state index contributed by atoms with van der Waals surface area (Å²) in [5.41, 5.74) is -0.618. The van der Waals surface area contributed by atoms with Crippen molar-refractivity contribution < 1.29 is 14.3 Å². The molecule has 0 aromatic rings. The normalized spacial score (nSPS) is 21.4. The molecule has 1 atom stereocenters. The number of nitrogens with zero attached hydrogens (tertiary/aromatic N) is 3. The van der Waals surface area contributed by atoms with E-state index in [1.165, 1.54) is 12.8 Å². The lowest BCUT2D eigenvalue weighted by Gasteiger charge is -2.42. The van der Waals surface area contributed by atoms with Crippen LogP contribution in [0.5, 0.6) is 0 Å². The van der Waals surface area contributed by atoms with Crippen molar-refractivity contribution in [3.05, 3.63) is 0 Å². The molecule has 2 heterocycles. The number of carbonyl (C=O) groups is 2. The number of piperidine rings is 1. The van der Waals surface area contributed by atoms with Gasteiger partial charge in [-0.15, -0.1) is 12.3 Å². The van der Waals surface area contributed by atoms with Gasteiger partial charge in [-0.05, 0) is 53.8 Å². The summed E-state index contributed by atoms with van der Waals surface area (Å²) in [4.78, 5) is 31.6. The van der Waals surface area contributed by atoms with Crippen LogP contribution in [0.3, 0.4) is 0 Å². The van der Waals surface area contributed by atoms with E-state index in [-0.39, 0.29) is 12.3 Å². The van der Waals surface area contributed by atoms with E-state index in [1.54, 1.807) is 20.8 Å². The Kier molecular flexibility index (Phi) is 7.51. The molecule has 2 aliphatic rings. The highest BCUT2D eigenvalue weighted by Crippen LogP contribution is 2.18. The summed E-state index contributed by atoms with van der Waals surface area (Å²) >= 11 is 0. The number of ether oxygens (including phenoxy) is 1. The molecule has 2 amide bonds. The molecular formula is C20H34N4O3. The van der Waals surface area contributed by atoms with Crippen molar-refractivity contribution in [1.29, 1.82) is 0 Å². The zero-order valence-electron chi connectivity index (χ0n) is 17.2. The first kappa shape index (κ1) is 21.5. The molecule has 2 rings (SSSR count). The summed E-state index contributed by atoms with van der Waals surface area (Å²) in [6.07, 6.45) is 7.33. The fourth-order valence-electron chi connectivity index (χ4n) is 3.66. The van der Waals surface area contributed by atoms with Crippen molar-refractivity contribution >= 4 is 12.0 Å². The first-order valence-corrected chi connectivity index (χ1v) is 9.84. The van der Waals surface area contributed by atoms with Crippen LogP contribution >= 0.6 is 0 Å². The fraction of sp³-hybridized carbons (Fsp3) is 0.800. The SMILES string of the molecule is C#CC[C@@H](NC(=O)OC(C)(C)C)C(=O)N1CCN(C2CCN(C)CC2)CC1. The van der Waals surface area contributed by atoms with Crippen LogP contribution in [0.1, 0.15) is 40.0 Å².